The minimum atomic E-state index is -0.0117. The summed E-state index contributed by atoms with van der Waals surface area (Å²) in [5.41, 5.74) is 1.63. The van der Waals surface area contributed by atoms with Gasteiger partial charge in [0.05, 0.1) is 11.1 Å². The summed E-state index contributed by atoms with van der Waals surface area (Å²) in [7, 11) is 3.46. The van der Waals surface area contributed by atoms with Crippen molar-refractivity contribution in [3.63, 3.8) is 0 Å². The summed E-state index contributed by atoms with van der Waals surface area (Å²) >= 11 is 0. The van der Waals surface area contributed by atoms with Crippen LogP contribution in [0.4, 0.5) is 0 Å². The van der Waals surface area contributed by atoms with Crippen molar-refractivity contribution in [2.45, 2.75) is 0 Å². The van der Waals surface area contributed by atoms with E-state index < -0.39 is 0 Å². The van der Waals surface area contributed by atoms with Crippen LogP contribution in [0.15, 0.2) is 30.6 Å². The number of hydrogen-bond acceptors (Lipinski definition) is 2. The number of aromatic nitrogens is 2. The molecule has 2 rings (SSSR count). The van der Waals surface area contributed by atoms with Crippen LogP contribution in [-0.2, 0) is 0 Å². The predicted molar refractivity (Wildman–Crippen MR) is 53.2 cm³/mol. The van der Waals surface area contributed by atoms with E-state index in [0.717, 1.165) is 5.52 Å². The van der Waals surface area contributed by atoms with Gasteiger partial charge in [-0.25, -0.2) is 4.52 Å². The molecule has 1 amide bonds. The van der Waals surface area contributed by atoms with Gasteiger partial charge in [-0.15, -0.1) is 0 Å². The van der Waals surface area contributed by atoms with Crippen molar-refractivity contribution in [1.82, 2.24) is 14.5 Å². The van der Waals surface area contributed by atoms with Crippen LogP contribution in [-0.4, -0.2) is 34.5 Å². The Bertz CT molecular complexity index is 473. The van der Waals surface area contributed by atoms with Crippen LogP contribution < -0.4 is 0 Å². The van der Waals surface area contributed by atoms with Crippen molar-refractivity contribution in [3.05, 3.63) is 36.2 Å². The quantitative estimate of drug-likeness (QED) is 0.672. The lowest BCUT2D eigenvalue weighted by molar-refractivity contribution is 0.0827. The van der Waals surface area contributed by atoms with E-state index in [9.17, 15) is 4.79 Å². The van der Waals surface area contributed by atoms with Gasteiger partial charge in [0.2, 0.25) is 0 Å². The predicted octanol–water partition coefficient (Wildman–Crippen LogP) is 1.04. The number of hydrogen-bond donors (Lipinski definition) is 0. The van der Waals surface area contributed by atoms with Crippen LogP contribution in [0.5, 0.6) is 0 Å². The van der Waals surface area contributed by atoms with Gasteiger partial charge >= 0.3 is 0 Å². The molecule has 0 N–H and O–H groups in total. The summed E-state index contributed by atoms with van der Waals surface area (Å²) in [6.07, 6.45) is 3.44. The zero-order chi connectivity index (χ0) is 10.1. The van der Waals surface area contributed by atoms with E-state index in [1.54, 1.807) is 42.0 Å². The Kier molecular flexibility index (Phi) is 1.96. The van der Waals surface area contributed by atoms with Crippen molar-refractivity contribution in [2.24, 2.45) is 0 Å². The molecule has 2 aromatic rings. The molecule has 4 nitrogen and oxygen atoms in total. The van der Waals surface area contributed by atoms with E-state index >= 15 is 0 Å². The molecule has 0 bridgehead atoms. The van der Waals surface area contributed by atoms with Gasteiger partial charge < -0.3 is 4.90 Å². The van der Waals surface area contributed by atoms with Crippen molar-refractivity contribution >= 4 is 11.4 Å². The van der Waals surface area contributed by atoms with Gasteiger partial charge in [-0.3, -0.25) is 4.79 Å². The fourth-order valence-electron chi connectivity index (χ4n) is 1.30. The minimum absolute atomic E-state index is 0.0117. The van der Waals surface area contributed by atoms with Gasteiger partial charge in [-0.1, -0.05) is 0 Å². The van der Waals surface area contributed by atoms with Gasteiger partial charge in [0.15, 0.2) is 0 Å². The highest BCUT2D eigenvalue weighted by atomic mass is 16.2. The molecule has 2 aromatic heterocycles. The molecule has 0 unspecified atom stereocenters. The van der Waals surface area contributed by atoms with E-state index in [4.69, 9.17) is 0 Å². The van der Waals surface area contributed by atoms with Gasteiger partial charge in [0.1, 0.15) is 0 Å². The lowest BCUT2D eigenvalue weighted by atomic mass is 10.2. The highest BCUT2D eigenvalue weighted by Gasteiger charge is 2.08. The maximum Gasteiger partial charge on any atom is 0.254 e. The largest absolute Gasteiger partial charge is 0.345 e. The van der Waals surface area contributed by atoms with Gasteiger partial charge in [-0.2, -0.15) is 5.10 Å². The van der Waals surface area contributed by atoms with Crippen molar-refractivity contribution in [3.8, 4) is 0 Å². The summed E-state index contributed by atoms with van der Waals surface area (Å²) in [5, 5.41) is 4.07. The molecule has 0 aliphatic carbocycles. The number of carbonyl (C=O) groups excluding carboxylic acids is 1. The molecule has 0 saturated heterocycles. The topological polar surface area (TPSA) is 37.6 Å². The lowest BCUT2D eigenvalue weighted by Gasteiger charge is -2.09. The molecule has 0 atom stereocenters. The molecular weight excluding hydrogens is 178 g/mol. The number of fused-ring (bicyclic) bond motifs is 1. The first kappa shape index (κ1) is 8.74. The zero-order valence-corrected chi connectivity index (χ0v) is 8.14. The van der Waals surface area contributed by atoms with E-state index in [1.807, 2.05) is 12.1 Å². The first-order valence-electron chi connectivity index (χ1n) is 4.33. The average molecular weight is 189 g/mol. The average Bonchev–Trinajstić information content (AvgIpc) is 2.62. The second kappa shape index (κ2) is 3.14. The number of nitrogens with zero attached hydrogens (tertiary/aromatic N) is 3. The SMILES string of the molecule is CN(C)C(=O)c1ccc2ccnn2c1. The number of rotatable bonds is 1. The number of carbonyl (C=O) groups is 1. The van der Waals surface area contributed by atoms with Crippen LogP contribution in [0, 0.1) is 0 Å². The maximum absolute atomic E-state index is 11.6. The molecule has 0 aromatic carbocycles. The molecule has 0 aliphatic heterocycles. The van der Waals surface area contributed by atoms with Crippen LogP contribution in [0.2, 0.25) is 0 Å². The van der Waals surface area contributed by atoms with E-state index in [2.05, 4.69) is 5.10 Å². The molecule has 0 aliphatic rings. The summed E-state index contributed by atoms with van der Waals surface area (Å²) < 4.78 is 1.69. The van der Waals surface area contributed by atoms with Gasteiger partial charge in [0, 0.05) is 26.5 Å². The first-order valence-corrected chi connectivity index (χ1v) is 4.33. The summed E-state index contributed by atoms with van der Waals surface area (Å²) in [6.45, 7) is 0. The first-order chi connectivity index (χ1) is 6.68. The summed E-state index contributed by atoms with van der Waals surface area (Å²) in [5.74, 6) is -0.0117. The normalized spacial score (nSPS) is 10.4. The Balaban J connectivity index is 2.48. The van der Waals surface area contributed by atoms with Crippen molar-refractivity contribution in [2.75, 3.05) is 14.1 Å². The molecule has 0 radical (unpaired) electrons. The Morgan fingerprint density at radius 3 is 2.86 bits per heavy atom. The van der Waals surface area contributed by atoms with Crippen LogP contribution in [0.1, 0.15) is 10.4 Å². The van der Waals surface area contributed by atoms with E-state index in [-0.39, 0.29) is 5.91 Å². The van der Waals surface area contributed by atoms with E-state index in [1.165, 1.54) is 0 Å². The smallest absolute Gasteiger partial charge is 0.254 e. The molecule has 0 fully saturated rings. The van der Waals surface area contributed by atoms with Crippen LogP contribution in [0.3, 0.4) is 0 Å². The third kappa shape index (κ3) is 1.35. The standard InChI is InChI=1S/C10H11N3O/c1-12(2)10(14)8-3-4-9-5-6-11-13(9)7-8/h3-7H,1-2H3. The van der Waals surface area contributed by atoms with Gasteiger partial charge in [-0.05, 0) is 18.2 Å². The maximum atomic E-state index is 11.6. The molecule has 0 saturated carbocycles. The highest BCUT2D eigenvalue weighted by molar-refractivity contribution is 5.93. The summed E-state index contributed by atoms with van der Waals surface area (Å²) in [4.78, 5) is 13.1. The third-order valence-corrected chi connectivity index (χ3v) is 2.05. The van der Waals surface area contributed by atoms with Crippen molar-refractivity contribution in [1.29, 1.82) is 0 Å². The number of pyridine rings is 1. The van der Waals surface area contributed by atoms with Crippen molar-refractivity contribution < 1.29 is 4.79 Å². The second-order valence-corrected chi connectivity index (χ2v) is 3.32. The van der Waals surface area contributed by atoms with E-state index in [0.29, 0.717) is 5.56 Å². The lowest BCUT2D eigenvalue weighted by Crippen LogP contribution is -2.21. The molecule has 72 valence electrons. The van der Waals surface area contributed by atoms with Crippen LogP contribution in [0.25, 0.3) is 5.52 Å². The third-order valence-electron chi connectivity index (χ3n) is 2.05. The Morgan fingerprint density at radius 2 is 2.14 bits per heavy atom. The van der Waals surface area contributed by atoms with Gasteiger partial charge in [0.25, 0.3) is 5.91 Å². The van der Waals surface area contributed by atoms with Crippen LogP contribution >= 0.6 is 0 Å². The minimum Gasteiger partial charge on any atom is -0.345 e. The Hall–Kier alpha value is -1.84. The molecule has 0 spiro atoms. The second-order valence-electron chi connectivity index (χ2n) is 3.32. The molecular formula is C10H11N3O. The number of amides is 1. The molecule has 2 heterocycles. The monoisotopic (exact) mass is 189 g/mol. The molecule has 14 heavy (non-hydrogen) atoms. The highest BCUT2D eigenvalue weighted by Crippen LogP contribution is 2.06. The zero-order valence-electron chi connectivity index (χ0n) is 8.14. The molecule has 4 heteroatoms. The fraction of sp³-hybridized carbons (Fsp3) is 0.200. The fourth-order valence-corrected chi connectivity index (χ4v) is 1.30. The Labute approximate surface area is 81.8 Å². The Morgan fingerprint density at radius 1 is 1.36 bits per heavy atom. The summed E-state index contributed by atoms with van der Waals surface area (Å²) in [6, 6.07) is 5.58.